The average Bonchev–Trinajstić information content (AvgIpc) is 2.05. The van der Waals surface area contributed by atoms with Crippen molar-refractivity contribution in [2.75, 3.05) is 5.88 Å². The van der Waals surface area contributed by atoms with Crippen molar-refractivity contribution in [1.29, 1.82) is 0 Å². The number of benzene rings is 1. The molecule has 0 aliphatic heterocycles. The van der Waals surface area contributed by atoms with Crippen molar-refractivity contribution < 1.29 is 9.90 Å². The van der Waals surface area contributed by atoms with Crippen LogP contribution in [0, 0.1) is 0 Å². The molecule has 1 rings (SSSR count). The van der Waals surface area contributed by atoms with Crippen molar-refractivity contribution in [3.63, 3.8) is 0 Å². The topological polar surface area (TPSA) is 49.0 Å². The summed E-state index contributed by atoms with van der Waals surface area (Å²) in [6.45, 7) is 0. The van der Waals surface area contributed by atoms with Gasteiger partial charge in [0.25, 0.3) is 0 Å². The van der Waals surface area contributed by atoms with Gasteiger partial charge in [-0.1, -0.05) is 18.2 Å². The molecule has 0 unspecified atom stereocenters. The summed E-state index contributed by atoms with van der Waals surface area (Å²) in [5.74, 6) is 0.326. The number of carbonyl (C=O) groups is 1. The molecule has 1 aromatic carbocycles. The number of carbonyl (C=O) groups excluding carboxylic acids is 1. The van der Waals surface area contributed by atoms with Gasteiger partial charge < -0.3 is 5.32 Å². The monoisotopic (exact) mass is 182 g/mol. The summed E-state index contributed by atoms with van der Waals surface area (Å²) in [5.41, 5.74) is 0. The van der Waals surface area contributed by atoms with Crippen molar-refractivity contribution in [3.05, 3.63) is 30.3 Å². The Hall–Kier alpha value is -1.16. The highest BCUT2D eigenvalue weighted by Crippen LogP contribution is 2.14. The zero-order valence-electron chi connectivity index (χ0n) is 6.32. The lowest BCUT2D eigenvalue weighted by molar-refractivity contribution is 0.170. The Kier molecular flexibility index (Phi) is 3.47. The second kappa shape index (κ2) is 4.66. The fourth-order valence-corrected chi connectivity index (χ4v) is 1.40. The molecule has 63 valence electrons. The molecule has 1 amide bonds. The zero-order chi connectivity index (χ0) is 8.81. The third-order valence-electron chi connectivity index (χ3n) is 1.20. The van der Waals surface area contributed by atoms with E-state index in [9.17, 15) is 9.90 Å². The summed E-state index contributed by atoms with van der Waals surface area (Å²) >= 11 is 1.42. The fraction of sp³-hybridized carbons (Fsp3) is 0.125. The van der Waals surface area contributed by atoms with E-state index in [1.54, 1.807) is 0 Å². The van der Waals surface area contributed by atoms with E-state index in [0.717, 1.165) is 4.90 Å². The summed E-state index contributed by atoms with van der Waals surface area (Å²) in [7, 11) is 0. The Balaban J connectivity index is 2.29. The first-order valence-corrected chi connectivity index (χ1v) is 4.40. The van der Waals surface area contributed by atoms with Gasteiger partial charge in [-0.25, -0.2) is 9.90 Å². The van der Waals surface area contributed by atoms with Crippen LogP contribution < -0.4 is 5.32 Å². The van der Waals surface area contributed by atoms with Gasteiger partial charge in [0, 0.05) is 4.90 Å². The minimum absolute atomic E-state index is 0.326. The SMILES string of the molecule is [O]C(=O)NCSc1ccccc1. The molecule has 3 nitrogen and oxygen atoms in total. The van der Waals surface area contributed by atoms with Gasteiger partial charge in [-0.15, -0.1) is 11.8 Å². The summed E-state index contributed by atoms with van der Waals surface area (Å²) in [6.07, 6.45) is -1.24. The Morgan fingerprint density at radius 3 is 2.58 bits per heavy atom. The Morgan fingerprint density at radius 2 is 2.00 bits per heavy atom. The summed E-state index contributed by atoms with van der Waals surface area (Å²) in [5, 5.41) is 12.1. The second-order valence-electron chi connectivity index (χ2n) is 2.07. The molecule has 0 aliphatic carbocycles. The number of thioether (sulfide) groups is 1. The summed E-state index contributed by atoms with van der Waals surface area (Å²) < 4.78 is 0. The first-order valence-electron chi connectivity index (χ1n) is 3.42. The minimum atomic E-state index is -1.24. The highest BCUT2D eigenvalue weighted by atomic mass is 32.2. The van der Waals surface area contributed by atoms with E-state index < -0.39 is 6.09 Å². The smallest absolute Gasteiger partial charge is 0.309 e. The average molecular weight is 182 g/mol. The molecule has 0 saturated heterocycles. The van der Waals surface area contributed by atoms with E-state index in [-0.39, 0.29) is 0 Å². The quantitative estimate of drug-likeness (QED) is 0.573. The standard InChI is InChI=1S/C8H8NO2S/c10-8(11)9-6-12-7-4-2-1-3-5-7/h1-5,9H,6H2. The number of nitrogens with one attached hydrogen (secondary N) is 1. The number of hydrogen-bond donors (Lipinski definition) is 1. The lowest BCUT2D eigenvalue weighted by Gasteiger charge is -1.98. The maximum Gasteiger partial charge on any atom is 0.451 e. The molecule has 0 fully saturated rings. The highest BCUT2D eigenvalue weighted by molar-refractivity contribution is 7.99. The van der Waals surface area contributed by atoms with E-state index in [1.807, 2.05) is 30.3 Å². The molecule has 0 bridgehead atoms. The van der Waals surface area contributed by atoms with Crippen LogP contribution >= 0.6 is 11.8 Å². The summed E-state index contributed by atoms with van der Waals surface area (Å²) in [4.78, 5) is 11.0. The van der Waals surface area contributed by atoms with Crippen LogP contribution in [0.1, 0.15) is 0 Å². The Morgan fingerprint density at radius 1 is 1.33 bits per heavy atom. The normalized spacial score (nSPS) is 9.33. The molecule has 0 aromatic heterocycles. The van der Waals surface area contributed by atoms with E-state index in [2.05, 4.69) is 5.32 Å². The molecular weight excluding hydrogens is 174 g/mol. The lowest BCUT2D eigenvalue weighted by Crippen LogP contribution is -2.18. The van der Waals surface area contributed by atoms with Gasteiger partial charge in [0.05, 0.1) is 5.88 Å². The van der Waals surface area contributed by atoms with Gasteiger partial charge in [0.15, 0.2) is 0 Å². The van der Waals surface area contributed by atoms with Crippen LogP contribution in [0.25, 0.3) is 0 Å². The fourth-order valence-electron chi connectivity index (χ4n) is 0.695. The van der Waals surface area contributed by atoms with Crippen LogP contribution in [0.5, 0.6) is 0 Å². The number of rotatable bonds is 3. The van der Waals surface area contributed by atoms with E-state index in [4.69, 9.17) is 0 Å². The van der Waals surface area contributed by atoms with Crippen LogP contribution in [0.2, 0.25) is 0 Å². The molecule has 0 heterocycles. The molecule has 1 radical (unpaired) electrons. The largest absolute Gasteiger partial charge is 0.451 e. The molecule has 0 saturated carbocycles. The third-order valence-corrected chi connectivity index (χ3v) is 2.09. The molecule has 0 spiro atoms. The molecule has 1 N–H and O–H groups in total. The molecule has 0 atom stereocenters. The number of hydrogen-bond acceptors (Lipinski definition) is 2. The zero-order valence-corrected chi connectivity index (χ0v) is 7.14. The first-order chi connectivity index (χ1) is 5.79. The highest BCUT2D eigenvalue weighted by Gasteiger charge is 1.96. The van der Waals surface area contributed by atoms with Crippen molar-refractivity contribution in [1.82, 2.24) is 5.32 Å². The van der Waals surface area contributed by atoms with Crippen molar-refractivity contribution in [2.24, 2.45) is 0 Å². The van der Waals surface area contributed by atoms with E-state index >= 15 is 0 Å². The van der Waals surface area contributed by atoms with Gasteiger partial charge in [-0.3, -0.25) is 0 Å². The van der Waals surface area contributed by atoms with E-state index in [1.165, 1.54) is 11.8 Å². The third kappa shape index (κ3) is 3.30. The lowest BCUT2D eigenvalue weighted by atomic mass is 10.4. The van der Waals surface area contributed by atoms with Crippen molar-refractivity contribution >= 4 is 17.9 Å². The maximum atomic E-state index is 9.95. The predicted octanol–water partition coefficient (Wildman–Crippen LogP) is 1.88. The molecule has 0 aliphatic rings. The van der Waals surface area contributed by atoms with Crippen molar-refractivity contribution in [3.8, 4) is 0 Å². The van der Waals surface area contributed by atoms with Gasteiger partial charge >= 0.3 is 6.09 Å². The van der Waals surface area contributed by atoms with E-state index in [0.29, 0.717) is 5.88 Å². The molecule has 4 heteroatoms. The predicted molar refractivity (Wildman–Crippen MR) is 46.4 cm³/mol. The van der Waals surface area contributed by atoms with Gasteiger partial charge in [-0.2, -0.15) is 0 Å². The van der Waals surface area contributed by atoms with Gasteiger partial charge in [-0.05, 0) is 12.1 Å². The van der Waals surface area contributed by atoms with Crippen molar-refractivity contribution in [2.45, 2.75) is 4.90 Å². The Labute approximate surface area is 74.8 Å². The molecule has 1 aromatic rings. The maximum absolute atomic E-state index is 9.95. The van der Waals surface area contributed by atoms with Crippen LogP contribution in [-0.4, -0.2) is 12.0 Å². The summed E-state index contributed by atoms with van der Waals surface area (Å²) in [6, 6.07) is 9.56. The number of amides is 1. The van der Waals surface area contributed by atoms with Crippen LogP contribution in [-0.2, 0) is 5.11 Å². The van der Waals surface area contributed by atoms with Crippen LogP contribution in [0.3, 0.4) is 0 Å². The first kappa shape index (κ1) is 8.93. The molecule has 12 heavy (non-hydrogen) atoms. The van der Waals surface area contributed by atoms with Crippen LogP contribution in [0.4, 0.5) is 4.79 Å². The minimum Gasteiger partial charge on any atom is -0.309 e. The van der Waals surface area contributed by atoms with Gasteiger partial charge in [0.1, 0.15) is 0 Å². The Bertz CT molecular complexity index is 250. The van der Waals surface area contributed by atoms with Gasteiger partial charge in [0.2, 0.25) is 0 Å². The molecular formula is C8H8NO2S. The van der Waals surface area contributed by atoms with Crippen LogP contribution in [0.15, 0.2) is 35.2 Å². The second-order valence-corrected chi connectivity index (χ2v) is 3.11.